The molecule has 0 saturated heterocycles. The van der Waals surface area contributed by atoms with Crippen molar-refractivity contribution < 1.29 is 27.8 Å². The molecule has 3 aromatic rings. The molecule has 11 heteroatoms. The maximum atomic E-state index is 14.5. The summed E-state index contributed by atoms with van der Waals surface area (Å²) in [4.78, 5) is 16.7. The van der Waals surface area contributed by atoms with Gasteiger partial charge in [0.15, 0.2) is 6.10 Å². The van der Waals surface area contributed by atoms with Crippen LogP contribution in [0.15, 0.2) is 54.9 Å². The van der Waals surface area contributed by atoms with Crippen LogP contribution >= 0.6 is 12.4 Å². The Morgan fingerprint density at radius 2 is 1.77 bits per heavy atom. The van der Waals surface area contributed by atoms with Crippen LogP contribution in [0.25, 0.3) is 0 Å². The van der Waals surface area contributed by atoms with E-state index in [9.17, 15) is 13.6 Å². The molecule has 0 spiro atoms. The van der Waals surface area contributed by atoms with Crippen molar-refractivity contribution >= 4 is 24.1 Å². The molecule has 0 aliphatic heterocycles. The lowest BCUT2D eigenvalue weighted by molar-refractivity contribution is -0.131. The number of carbonyl (C=O) groups is 1. The van der Waals surface area contributed by atoms with E-state index in [2.05, 4.69) is 10.3 Å². The van der Waals surface area contributed by atoms with E-state index in [0.29, 0.717) is 16.9 Å². The highest BCUT2D eigenvalue weighted by Gasteiger charge is 2.28. The second-order valence-electron chi connectivity index (χ2n) is 7.22. The van der Waals surface area contributed by atoms with Crippen molar-refractivity contribution in [2.45, 2.75) is 19.3 Å². The van der Waals surface area contributed by atoms with Crippen LogP contribution in [0, 0.1) is 17.0 Å². The number of nitrogens with one attached hydrogen (secondary N) is 2. The number of amidine groups is 1. The smallest absolute Gasteiger partial charge is 0.254 e. The Bertz CT molecular complexity index is 1160. The fraction of sp³-hybridized carbons (Fsp3) is 0.208. The Hall–Kier alpha value is -3.76. The van der Waals surface area contributed by atoms with Gasteiger partial charge < -0.3 is 25.3 Å². The summed E-state index contributed by atoms with van der Waals surface area (Å²) in [6.45, 7) is 0.190. The number of nitrogens with zero attached hydrogens (tertiary/aromatic N) is 1. The number of amides is 1. The van der Waals surface area contributed by atoms with E-state index < -0.39 is 29.2 Å². The van der Waals surface area contributed by atoms with Crippen LogP contribution in [0.4, 0.5) is 8.78 Å². The van der Waals surface area contributed by atoms with Crippen LogP contribution in [-0.2, 0) is 22.7 Å². The van der Waals surface area contributed by atoms with Crippen molar-refractivity contribution in [3.05, 3.63) is 88.7 Å². The predicted octanol–water partition coefficient (Wildman–Crippen LogP) is 3.66. The fourth-order valence-electron chi connectivity index (χ4n) is 3.20. The van der Waals surface area contributed by atoms with Gasteiger partial charge >= 0.3 is 0 Å². The summed E-state index contributed by atoms with van der Waals surface area (Å²) in [6.07, 6.45) is 1.74. The maximum Gasteiger partial charge on any atom is 0.254 e. The molecule has 0 fully saturated rings. The molecular formula is C24H25ClF2N4O4. The third-order valence-electron chi connectivity index (χ3n) is 5.00. The molecule has 1 atom stereocenters. The van der Waals surface area contributed by atoms with Gasteiger partial charge in [-0.25, -0.2) is 8.78 Å². The molecule has 3 rings (SSSR count). The van der Waals surface area contributed by atoms with Crippen molar-refractivity contribution in [2.24, 2.45) is 5.73 Å². The number of aromatic nitrogens is 1. The van der Waals surface area contributed by atoms with E-state index in [1.807, 2.05) is 0 Å². The first-order valence-electron chi connectivity index (χ1n) is 10.2. The Morgan fingerprint density at radius 3 is 2.34 bits per heavy atom. The SMILES string of the molecule is COc1cc(F)c(C(OC)C(=O)NCc2ccc(C(=N)N)cc2OCc2ccncc2)c(F)c1.Cl. The zero-order chi connectivity index (χ0) is 24.7. The molecule has 1 heterocycles. The Kier molecular flexibility index (Phi) is 9.92. The van der Waals surface area contributed by atoms with Gasteiger partial charge in [-0.3, -0.25) is 15.2 Å². The zero-order valence-corrected chi connectivity index (χ0v) is 19.8. The monoisotopic (exact) mass is 506 g/mol. The zero-order valence-electron chi connectivity index (χ0n) is 19.0. The van der Waals surface area contributed by atoms with Gasteiger partial charge in [0, 0.05) is 49.3 Å². The summed E-state index contributed by atoms with van der Waals surface area (Å²) in [6, 6.07) is 10.4. The van der Waals surface area contributed by atoms with Crippen molar-refractivity contribution in [3.8, 4) is 11.5 Å². The highest BCUT2D eigenvalue weighted by atomic mass is 35.5. The van der Waals surface area contributed by atoms with Crippen LogP contribution in [0.5, 0.6) is 11.5 Å². The van der Waals surface area contributed by atoms with Gasteiger partial charge in [0.2, 0.25) is 0 Å². The summed E-state index contributed by atoms with van der Waals surface area (Å²) < 4.78 is 44.8. The summed E-state index contributed by atoms with van der Waals surface area (Å²) in [7, 11) is 2.46. The molecule has 0 aliphatic rings. The Labute approximate surface area is 207 Å². The molecule has 0 radical (unpaired) electrons. The van der Waals surface area contributed by atoms with E-state index in [0.717, 1.165) is 17.7 Å². The minimum atomic E-state index is -1.52. The average molecular weight is 507 g/mol. The van der Waals surface area contributed by atoms with Crippen molar-refractivity contribution in [3.63, 3.8) is 0 Å². The van der Waals surface area contributed by atoms with Crippen molar-refractivity contribution in [1.82, 2.24) is 10.3 Å². The molecule has 4 N–H and O–H groups in total. The van der Waals surface area contributed by atoms with Gasteiger partial charge in [-0.05, 0) is 23.8 Å². The normalized spacial score (nSPS) is 11.2. The standard InChI is InChI=1S/C24H24F2N4O4.ClH/c1-32-17-10-18(25)21(19(26)11-17)22(33-2)24(31)30-12-16-4-3-15(23(27)28)9-20(16)34-13-14-5-7-29-8-6-14;/h3-11,22H,12-13H2,1-2H3,(H3,27,28)(H,30,31);1H. The summed E-state index contributed by atoms with van der Waals surface area (Å²) in [5.74, 6) is -2.45. The van der Waals surface area contributed by atoms with Gasteiger partial charge in [0.25, 0.3) is 5.91 Å². The summed E-state index contributed by atoms with van der Waals surface area (Å²) >= 11 is 0. The quantitative estimate of drug-likeness (QED) is 0.285. The van der Waals surface area contributed by atoms with Crippen LogP contribution in [-0.4, -0.2) is 30.9 Å². The molecule has 2 aromatic carbocycles. The number of nitrogen functional groups attached to an aromatic ring is 1. The minimum Gasteiger partial charge on any atom is -0.497 e. The highest BCUT2D eigenvalue weighted by Crippen LogP contribution is 2.28. The lowest BCUT2D eigenvalue weighted by atomic mass is 10.1. The Balaban J connectivity index is 0.00000432. The number of halogens is 3. The number of methoxy groups -OCH3 is 2. The van der Waals surface area contributed by atoms with Crippen LogP contribution < -0.4 is 20.5 Å². The molecule has 35 heavy (non-hydrogen) atoms. The highest BCUT2D eigenvalue weighted by molar-refractivity contribution is 5.95. The fourth-order valence-corrected chi connectivity index (χ4v) is 3.20. The summed E-state index contributed by atoms with van der Waals surface area (Å²) in [5, 5.41) is 10.3. The molecule has 1 aromatic heterocycles. The number of hydrogen-bond acceptors (Lipinski definition) is 6. The van der Waals surface area contributed by atoms with E-state index in [4.69, 9.17) is 25.4 Å². The van der Waals surface area contributed by atoms with E-state index in [1.54, 1.807) is 42.7 Å². The molecule has 0 saturated carbocycles. The predicted molar refractivity (Wildman–Crippen MR) is 128 cm³/mol. The molecular weight excluding hydrogens is 482 g/mol. The number of benzene rings is 2. The third-order valence-corrected chi connectivity index (χ3v) is 5.00. The van der Waals surface area contributed by atoms with Gasteiger partial charge in [-0.15, -0.1) is 12.4 Å². The largest absolute Gasteiger partial charge is 0.497 e. The maximum absolute atomic E-state index is 14.5. The lowest BCUT2D eigenvalue weighted by Crippen LogP contribution is -2.31. The van der Waals surface area contributed by atoms with Gasteiger partial charge in [-0.1, -0.05) is 12.1 Å². The molecule has 0 aliphatic carbocycles. The first kappa shape index (κ1) is 27.5. The first-order valence-corrected chi connectivity index (χ1v) is 10.2. The number of nitrogens with two attached hydrogens (primary N) is 1. The van der Waals surface area contributed by atoms with Crippen LogP contribution in [0.2, 0.25) is 0 Å². The van der Waals surface area contributed by atoms with Gasteiger partial charge in [0.05, 0.1) is 12.7 Å². The van der Waals surface area contributed by atoms with E-state index in [-0.39, 0.29) is 37.1 Å². The average Bonchev–Trinajstić information content (AvgIpc) is 2.84. The molecule has 1 amide bonds. The third kappa shape index (κ3) is 6.87. The van der Waals surface area contributed by atoms with Crippen molar-refractivity contribution in [1.29, 1.82) is 5.41 Å². The number of rotatable bonds is 10. The number of hydrogen-bond donors (Lipinski definition) is 3. The lowest BCUT2D eigenvalue weighted by Gasteiger charge is -2.19. The Morgan fingerprint density at radius 1 is 1.11 bits per heavy atom. The first-order chi connectivity index (χ1) is 16.3. The van der Waals surface area contributed by atoms with Gasteiger partial charge in [0.1, 0.15) is 35.6 Å². The van der Waals surface area contributed by atoms with Crippen molar-refractivity contribution in [2.75, 3.05) is 14.2 Å². The topological polar surface area (TPSA) is 120 Å². The van der Waals surface area contributed by atoms with Crippen LogP contribution in [0.1, 0.15) is 28.4 Å². The van der Waals surface area contributed by atoms with E-state index in [1.165, 1.54) is 14.2 Å². The second-order valence-corrected chi connectivity index (χ2v) is 7.22. The number of carbonyl (C=O) groups excluding carboxylic acids is 1. The van der Waals surface area contributed by atoms with Crippen LogP contribution in [0.3, 0.4) is 0 Å². The second kappa shape index (κ2) is 12.6. The molecule has 0 bridgehead atoms. The number of ether oxygens (including phenoxy) is 3. The van der Waals surface area contributed by atoms with E-state index >= 15 is 0 Å². The minimum absolute atomic E-state index is 0. The molecule has 1 unspecified atom stereocenters. The summed E-state index contributed by atoms with van der Waals surface area (Å²) in [5.41, 5.74) is 6.93. The molecule has 186 valence electrons. The molecule has 8 nitrogen and oxygen atoms in total. The number of pyridine rings is 1. The van der Waals surface area contributed by atoms with Gasteiger partial charge in [-0.2, -0.15) is 0 Å².